The van der Waals surface area contributed by atoms with Crippen LogP contribution in [0.25, 0.3) is 0 Å². The molecule has 1 amide bonds. The molecule has 1 fully saturated rings. The summed E-state index contributed by atoms with van der Waals surface area (Å²) in [5.41, 5.74) is 0.794. The maximum absolute atomic E-state index is 12.0. The molecule has 2 rings (SSSR count). The van der Waals surface area contributed by atoms with Gasteiger partial charge in [0.2, 0.25) is 0 Å². The van der Waals surface area contributed by atoms with Crippen molar-refractivity contribution in [3.05, 3.63) is 35.9 Å². The summed E-state index contributed by atoms with van der Waals surface area (Å²) >= 11 is 0. The van der Waals surface area contributed by atoms with Crippen LogP contribution in [0.1, 0.15) is 10.4 Å². The number of carbonyl (C=O) groups is 1. The Morgan fingerprint density at radius 1 is 1.00 bits per heavy atom. The van der Waals surface area contributed by atoms with E-state index in [-0.39, 0.29) is 30.7 Å². The van der Waals surface area contributed by atoms with E-state index in [2.05, 4.69) is 11.9 Å². The van der Waals surface area contributed by atoms with Crippen LogP contribution in [-0.2, 0) is 0 Å². The number of benzene rings is 1. The maximum Gasteiger partial charge on any atom is 0.253 e. The fraction of sp³-hybridized carbons (Fsp3) is 0.417. The standard InChI is InChI=1S/C12H16N2O.2ClH/c1-13-7-9-14(10-8-13)12(15)11-5-3-2-4-6-11;;/h2-6H,7-10H2,1H3;2*1H. The van der Waals surface area contributed by atoms with Crippen molar-refractivity contribution in [1.82, 2.24) is 9.80 Å². The topological polar surface area (TPSA) is 23.6 Å². The third kappa shape index (κ3) is 4.19. The van der Waals surface area contributed by atoms with E-state index in [1.165, 1.54) is 0 Å². The lowest BCUT2D eigenvalue weighted by Crippen LogP contribution is -2.47. The SMILES string of the molecule is CN1CCN(C(=O)c2ccccc2)CC1.Cl.Cl. The van der Waals surface area contributed by atoms with Gasteiger partial charge in [-0.15, -0.1) is 24.8 Å². The molecular formula is C12H18Cl2N2O. The van der Waals surface area contributed by atoms with E-state index in [0.717, 1.165) is 31.7 Å². The van der Waals surface area contributed by atoms with Crippen LogP contribution in [0.15, 0.2) is 30.3 Å². The number of carbonyl (C=O) groups excluding carboxylic acids is 1. The van der Waals surface area contributed by atoms with Gasteiger partial charge in [0, 0.05) is 31.7 Å². The third-order valence-corrected chi connectivity index (χ3v) is 2.81. The number of amides is 1. The molecule has 0 N–H and O–H groups in total. The zero-order valence-corrected chi connectivity index (χ0v) is 11.5. The van der Waals surface area contributed by atoms with Crippen LogP contribution in [-0.4, -0.2) is 48.9 Å². The molecule has 0 unspecified atom stereocenters. The Morgan fingerprint density at radius 3 is 2.06 bits per heavy atom. The molecule has 1 heterocycles. The minimum atomic E-state index is 0. The Balaban J connectivity index is 0.00000128. The molecule has 0 aliphatic carbocycles. The fourth-order valence-electron chi connectivity index (χ4n) is 1.77. The zero-order chi connectivity index (χ0) is 10.7. The zero-order valence-electron chi connectivity index (χ0n) is 9.83. The van der Waals surface area contributed by atoms with Crippen molar-refractivity contribution in [3.63, 3.8) is 0 Å². The molecule has 1 aromatic rings. The van der Waals surface area contributed by atoms with Crippen molar-refractivity contribution in [2.24, 2.45) is 0 Å². The molecule has 1 aliphatic rings. The number of halogens is 2. The first-order valence-electron chi connectivity index (χ1n) is 5.30. The van der Waals surface area contributed by atoms with Crippen LogP contribution < -0.4 is 0 Å². The van der Waals surface area contributed by atoms with E-state index >= 15 is 0 Å². The second-order valence-corrected chi connectivity index (χ2v) is 3.96. The normalized spacial score (nSPS) is 15.7. The number of nitrogens with zero attached hydrogens (tertiary/aromatic N) is 2. The summed E-state index contributed by atoms with van der Waals surface area (Å²) < 4.78 is 0. The van der Waals surface area contributed by atoms with Crippen molar-refractivity contribution < 1.29 is 4.79 Å². The Bertz CT molecular complexity index is 338. The van der Waals surface area contributed by atoms with E-state index in [1.54, 1.807) is 0 Å². The summed E-state index contributed by atoms with van der Waals surface area (Å²) in [5.74, 6) is 0.156. The Hall–Kier alpha value is -0.770. The molecular weight excluding hydrogens is 259 g/mol. The molecule has 0 aromatic heterocycles. The Morgan fingerprint density at radius 2 is 1.53 bits per heavy atom. The van der Waals surface area contributed by atoms with Gasteiger partial charge in [-0.3, -0.25) is 4.79 Å². The number of piperazine rings is 1. The summed E-state index contributed by atoms with van der Waals surface area (Å²) in [6.45, 7) is 3.62. The Kier molecular flexibility index (Phi) is 7.19. The average Bonchev–Trinajstić information content (AvgIpc) is 2.30. The number of likely N-dealkylation sites (N-methyl/N-ethyl adjacent to an activating group) is 1. The van der Waals surface area contributed by atoms with E-state index in [9.17, 15) is 4.79 Å². The van der Waals surface area contributed by atoms with Gasteiger partial charge in [-0.25, -0.2) is 0 Å². The molecule has 17 heavy (non-hydrogen) atoms. The number of hydrogen-bond acceptors (Lipinski definition) is 2. The van der Waals surface area contributed by atoms with Gasteiger partial charge in [-0.05, 0) is 19.2 Å². The molecule has 1 saturated heterocycles. The second kappa shape index (κ2) is 7.54. The minimum absolute atomic E-state index is 0. The average molecular weight is 277 g/mol. The van der Waals surface area contributed by atoms with Crippen LogP contribution in [0, 0.1) is 0 Å². The summed E-state index contributed by atoms with van der Waals surface area (Å²) in [4.78, 5) is 16.2. The summed E-state index contributed by atoms with van der Waals surface area (Å²) in [6.07, 6.45) is 0. The van der Waals surface area contributed by atoms with E-state index in [1.807, 2.05) is 35.2 Å². The Labute approximate surface area is 115 Å². The van der Waals surface area contributed by atoms with Crippen molar-refractivity contribution in [2.75, 3.05) is 33.2 Å². The van der Waals surface area contributed by atoms with Crippen LogP contribution >= 0.6 is 24.8 Å². The molecule has 1 aromatic carbocycles. The highest BCUT2D eigenvalue weighted by atomic mass is 35.5. The smallest absolute Gasteiger partial charge is 0.253 e. The summed E-state index contributed by atoms with van der Waals surface area (Å²) in [5, 5.41) is 0. The van der Waals surface area contributed by atoms with Gasteiger partial charge < -0.3 is 9.80 Å². The van der Waals surface area contributed by atoms with Crippen LogP contribution in [0.4, 0.5) is 0 Å². The van der Waals surface area contributed by atoms with E-state index in [4.69, 9.17) is 0 Å². The molecule has 3 nitrogen and oxygen atoms in total. The maximum atomic E-state index is 12.0. The van der Waals surface area contributed by atoms with Crippen molar-refractivity contribution in [1.29, 1.82) is 0 Å². The van der Waals surface area contributed by atoms with Crippen LogP contribution in [0.2, 0.25) is 0 Å². The van der Waals surface area contributed by atoms with Crippen LogP contribution in [0.5, 0.6) is 0 Å². The molecule has 0 spiro atoms. The highest BCUT2D eigenvalue weighted by Crippen LogP contribution is 2.07. The number of rotatable bonds is 1. The van der Waals surface area contributed by atoms with Gasteiger partial charge in [-0.1, -0.05) is 18.2 Å². The molecule has 96 valence electrons. The molecule has 0 atom stereocenters. The molecule has 1 aliphatic heterocycles. The highest BCUT2D eigenvalue weighted by Gasteiger charge is 2.19. The molecule has 0 bridgehead atoms. The first kappa shape index (κ1) is 16.2. The van der Waals surface area contributed by atoms with Crippen molar-refractivity contribution in [3.8, 4) is 0 Å². The van der Waals surface area contributed by atoms with Crippen LogP contribution in [0.3, 0.4) is 0 Å². The lowest BCUT2D eigenvalue weighted by atomic mass is 10.2. The molecule has 0 radical (unpaired) electrons. The predicted octanol–water partition coefficient (Wildman–Crippen LogP) is 1.92. The summed E-state index contributed by atoms with van der Waals surface area (Å²) in [7, 11) is 2.09. The minimum Gasteiger partial charge on any atom is -0.336 e. The highest BCUT2D eigenvalue weighted by molar-refractivity contribution is 5.94. The summed E-state index contributed by atoms with van der Waals surface area (Å²) in [6, 6.07) is 9.49. The largest absolute Gasteiger partial charge is 0.336 e. The van der Waals surface area contributed by atoms with E-state index in [0.29, 0.717) is 0 Å². The second-order valence-electron chi connectivity index (χ2n) is 3.96. The predicted molar refractivity (Wildman–Crippen MR) is 74.3 cm³/mol. The third-order valence-electron chi connectivity index (χ3n) is 2.81. The van der Waals surface area contributed by atoms with Crippen molar-refractivity contribution >= 4 is 30.7 Å². The van der Waals surface area contributed by atoms with Gasteiger partial charge >= 0.3 is 0 Å². The van der Waals surface area contributed by atoms with Gasteiger partial charge in [0.15, 0.2) is 0 Å². The first-order valence-corrected chi connectivity index (χ1v) is 5.30. The first-order chi connectivity index (χ1) is 7.27. The van der Waals surface area contributed by atoms with Gasteiger partial charge in [0.25, 0.3) is 5.91 Å². The fourth-order valence-corrected chi connectivity index (χ4v) is 1.77. The monoisotopic (exact) mass is 276 g/mol. The van der Waals surface area contributed by atoms with Gasteiger partial charge in [0.05, 0.1) is 0 Å². The quantitative estimate of drug-likeness (QED) is 0.783. The van der Waals surface area contributed by atoms with E-state index < -0.39 is 0 Å². The van der Waals surface area contributed by atoms with Gasteiger partial charge in [-0.2, -0.15) is 0 Å². The lowest BCUT2D eigenvalue weighted by Gasteiger charge is -2.32. The number of hydrogen-bond donors (Lipinski definition) is 0. The molecule has 0 saturated carbocycles. The molecule has 5 heteroatoms. The van der Waals surface area contributed by atoms with Crippen molar-refractivity contribution in [2.45, 2.75) is 0 Å². The lowest BCUT2D eigenvalue weighted by molar-refractivity contribution is 0.0664. The van der Waals surface area contributed by atoms with Gasteiger partial charge in [0.1, 0.15) is 0 Å².